The number of hydrogen-bond donors (Lipinski definition) is 0. The van der Waals surface area contributed by atoms with Gasteiger partial charge in [-0.15, -0.1) is 0 Å². The highest BCUT2D eigenvalue weighted by atomic mass is 19.2. The van der Waals surface area contributed by atoms with Crippen molar-refractivity contribution in [3.8, 4) is 5.75 Å². The van der Waals surface area contributed by atoms with Crippen molar-refractivity contribution in [1.82, 2.24) is 4.90 Å². The summed E-state index contributed by atoms with van der Waals surface area (Å²) in [6.07, 6.45) is 0.620. The number of likely N-dealkylation sites (tertiary alicyclic amines) is 1. The van der Waals surface area contributed by atoms with Crippen molar-refractivity contribution in [1.29, 1.82) is 0 Å². The number of ether oxygens (including phenoxy) is 1. The van der Waals surface area contributed by atoms with Gasteiger partial charge in [-0.25, -0.2) is 17.6 Å². The Labute approximate surface area is 141 Å². The van der Waals surface area contributed by atoms with Gasteiger partial charge in [0, 0.05) is 32.0 Å². The van der Waals surface area contributed by atoms with Crippen LogP contribution in [0.4, 0.5) is 17.6 Å². The zero-order valence-electron chi connectivity index (χ0n) is 13.1. The summed E-state index contributed by atoms with van der Waals surface area (Å²) in [4.78, 5) is 13.7. The van der Waals surface area contributed by atoms with Crippen LogP contribution in [0.25, 0.3) is 0 Å². The van der Waals surface area contributed by atoms with E-state index in [4.69, 9.17) is 4.74 Å². The van der Waals surface area contributed by atoms with Crippen LogP contribution in [-0.4, -0.2) is 30.0 Å². The molecule has 0 radical (unpaired) electrons. The molecular formula is C18H15F4NO2. The fourth-order valence-electron chi connectivity index (χ4n) is 2.75. The molecule has 3 nitrogen and oxygen atoms in total. The molecule has 2 aromatic rings. The molecule has 132 valence electrons. The predicted molar refractivity (Wildman–Crippen MR) is 82.3 cm³/mol. The smallest absolute Gasteiger partial charge is 0.256 e. The molecule has 0 aromatic heterocycles. The highest BCUT2D eigenvalue weighted by molar-refractivity contribution is 5.94. The van der Waals surface area contributed by atoms with E-state index in [1.165, 1.54) is 11.0 Å². The van der Waals surface area contributed by atoms with E-state index < -0.39 is 29.2 Å². The number of benzene rings is 2. The molecule has 3 rings (SSSR count). The van der Waals surface area contributed by atoms with Crippen LogP contribution in [0, 0.1) is 23.3 Å². The molecule has 0 unspecified atom stereocenters. The van der Waals surface area contributed by atoms with E-state index in [0.29, 0.717) is 25.9 Å². The van der Waals surface area contributed by atoms with Crippen molar-refractivity contribution < 1.29 is 27.1 Å². The summed E-state index contributed by atoms with van der Waals surface area (Å²) in [7, 11) is 0. The predicted octanol–water partition coefficient (Wildman–Crippen LogP) is 3.93. The van der Waals surface area contributed by atoms with E-state index >= 15 is 0 Å². The number of halogens is 4. The molecule has 1 aliphatic heterocycles. The minimum absolute atomic E-state index is 0.208. The second-order valence-electron chi connectivity index (χ2n) is 5.81. The van der Waals surface area contributed by atoms with Crippen molar-refractivity contribution in [3.63, 3.8) is 0 Å². The molecule has 0 atom stereocenters. The van der Waals surface area contributed by atoms with Crippen molar-refractivity contribution in [3.05, 3.63) is 65.2 Å². The Hall–Kier alpha value is -2.57. The highest BCUT2D eigenvalue weighted by Gasteiger charge is 2.26. The molecule has 1 aliphatic rings. The number of rotatable bonds is 3. The molecule has 7 heteroatoms. The molecule has 0 bridgehead atoms. The van der Waals surface area contributed by atoms with Crippen molar-refractivity contribution in [2.75, 3.05) is 13.1 Å². The second kappa shape index (κ2) is 7.13. The van der Waals surface area contributed by atoms with Crippen LogP contribution in [0.1, 0.15) is 23.2 Å². The summed E-state index contributed by atoms with van der Waals surface area (Å²) in [5.41, 5.74) is -0.306. The third-order valence-corrected chi connectivity index (χ3v) is 4.08. The maximum atomic E-state index is 13.7. The average molecular weight is 353 g/mol. The lowest BCUT2D eigenvalue weighted by molar-refractivity contribution is 0.0590. The molecule has 25 heavy (non-hydrogen) atoms. The normalized spacial score (nSPS) is 15.3. The van der Waals surface area contributed by atoms with Gasteiger partial charge in [0.1, 0.15) is 23.5 Å². The summed E-state index contributed by atoms with van der Waals surface area (Å²) >= 11 is 0. The quantitative estimate of drug-likeness (QED) is 0.783. The first kappa shape index (κ1) is 17.3. The topological polar surface area (TPSA) is 29.5 Å². The third kappa shape index (κ3) is 3.92. The van der Waals surface area contributed by atoms with E-state index in [2.05, 4.69) is 0 Å². The zero-order valence-corrected chi connectivity index (χ0v) is 13.1. The average Bonchev–Trinajstić information content (AvgIpc) is 2.60. The van der Waals surface area contributed by atoms with Crippen LogP contribution < -0.4 is 4.74 Å². The van der Waals surface area contributed by atoms with Crippen LogP contribution in [0.15, 0.2) is 36.4 Å². The maximum Gasteiger partial charge on any atom is 0.256 e. The van der Waals surface area contributed by atoms with E-state index in [9.17, 15) is 22.4 Å². The first-order valence-electron chi connectivity index (χ1n) is 7.80. The van der Waals surface area contributed by atoms with E-state index in [-0.39, 0.29) is 17.4 Å². The van der Waals surface area contributed by atoms with Gasteiger partial charge in [0.05, 0.1) is 5.56 Å². The van der Waals surface area contributed by atoms with Gasteiger partial charge in [-0.05, 0) is 30.3 Å². The highest BCUT2D eigenvalue weighted by Crippen LogP contribution is 2.22. The molecule has 0 aliphatic carbocycles. The standard InChI is InChI=1S/C18H15F4NO2/c19-11-1-3-15(20)14(9-11)18(24)23-7-5-12(6-8-23)25-13-2-4-16(21)17(22)10-13/h1-4,9-10,12H,5-8H2. The number of carbonyl (C=O) groups is 1. The van der Waals surface area contributed by atoms with Gasteiger partial charge in [0.25, 0.3) is 5.91 Å². The van der Waals surface area contributed by atoms with Crippen LogP contribution in [0.2, 0.25) is 0 Å². The number of carbonyl (C=O) groups excluding carboxylic acids is 1. The number of piperidine rings is 1. The molecule has 1 heterocycles. The van der Waals surface area contributed by atoms with Gasteiger partial charge in [-0.3, -0.25) is 4.79 Å². The van der Waals surface area contributed by atoms with Crippen LogP contribution in [0.5, 0.6) is 5.75 Å². The molecular weight excluding hydrogens is 338 g/mol. The van der Waals surface area contributed by atoms with Crippen LogP contribution in [-0.2, 0) is 0 Å². The summed E-state index contributed by atoms with van der Waals surface area (Å²) in [6, 6.07) is 6.03. The van der Waals surface area contributed by atoms with Crippen molar-refractivity contribution in [2.24, 2.45) is 0 Å². The monoisotopic (exact) mass is 353 g/mol. The van der Waals surface area contributed by atoms with Gasteiger partial charge < -0.3 is 9.64 Å². The fraction of sp³-hybridized carbons (Fsp3) is 0.278. The van der Waals surface area contributed by atoms with Gasteiger partial charge in [-0.2, -0.15) is 0 Å². The fourth-order valence-corrected chi connectivity index (χ4v) is 2.75. The minimum Gasteiger partial charge on any atom is -0.490 e. The van der Waals surface area contributed by atoms with E-state index in [1.54, 1.807) is 0 Å². The molecule has 1 saturated heterocycles. The second-order valence-corrected chi connectivity index (χ2v) is 5.81. The number of hydrogen-bond acceptors (Lipinski definition) is 2. The SMILES string of the molecule is O=C(c1cc(F)ccc1F)N1CCC(Oc2ccc(F)c(F)c2)CC1. The Morgan fingerprint density at radius 1 is 0.920 bits per heavy atom. The number of amides is 1. The zero-order chi connectivity index (χ0) is 18.0. The molecule has 0 spiro atoms. The maximum absolute atomic E-state index is 13.7. The Bertz CT molecular complexity index is 789. The van der Waals surface area contributed by atoms with Gasteiger partial charge in [-0.1, -0.05) is 0 Å². The van der Waals surface area contributed by atoms with Crippen LogP contribution >= 0.6 is 0 Å². The number of nitrogens with zero attached hydrogens (tertiary/aromatic N) is 1. The van der Waals surface area contributed by atoms with Gasteiger partial charge in [0.2, 0.25) is 0 Å². The van der Waals surface area contributed by atoms with Gasteiger partial charge >= 0.3 is 0 Å². The molecule has 0 saturated carbocycles. The van der Waals surface area contributed by atoms with Crippen molar-refractivity contribution in [2.45, 2.75) is 18.9 Å². The first-order valence-corrected chi connectivity index (χ1v) is 7.80. The van der Waals surface area contributed by atoms with Gasteiger partial charge in [0.15, 0.2) is 11.6 Å². The summed E-state index contributed by atoms with van der Waals surface area (Å²) in [6.45, 7) is 0.590. The van der Waals surface area contributed by atoms with E-state index in [0.717, 1.165) is 30.3 Å². The minimum atomic E-state index is -0.994. The Morgan fingerprint density at radius 3 is 2.28 bits per heavy atom. The van der Waals surface area contributed by atoms with E-state index in [1.807, 2.05) is 0 Å². The Kier molecular flexibility index (Phi) is 4.92. The molecule has 2 aromatic carbocycles. The Morgan fingerprint density at radius 2 is 1.60 bits per heavy atom. The lowest BCUT2D eigenvalue weighted by atomic mass is 10.1. The summed E-state index contributed by atoms with van der Waals surface area (Å²) in [5, 5.41) is 0. The molecule has 0 N–H and O–H groups in total. The lowest BCUT2D eigenvalue weighted by Crippen LogP contribution is -2.42. The largest absolute Gasteiger partial charge is 0.490 e. The van der Waals surface area contributed by atoms with Crippen molar-refractivity contribution >= 4 is 5.91 Å². The molecule has 1 amide bonds. The lowest BCUT2D eigenvalue weighted by Gasteiger charge is -2.32. The molecule has 1 fully saturated rings. The first-order chi connectivity index (χ1) is 11.9. The van der Waals surface area contributed by atoms with Crippen LogP contribution in [0.3, 0.4) is 0 Å². The summed E-state index contributed by atoms with van der Waals surface area (Å²) in [5.74, 6) is -3.77. The third-order valence-electron chi connectivity index (χ3n) is 4.08. The Balaban J connectivity index is 1.60. The summed E-state index contributed by atoms with van der Waals surface area (Å²) < 4.78 is 58.6.